The lowest BCUT2D eigenvalue weighted by Gasteiger charge is -2.29. The monoisotopic (exact) mass is 570 g/mol. The highest BCUT2D eigenvalue weighted by molar-refractivity contribution is 6.03. The van der Waals surface area contributed by atoms with E-state index in [0.717, 1.165) is 68.5 Å². The minimum atomic E-state index is -0.262. The van der Waals surface area contributed by atoms with Crippen molar-refractivity contribution in [3.05, 3.63) is 66.0 Å². The van der Waals surface area contributed by atoms with Gasteiger partial charge in [-0.05, 0) is 64.3 Å². The van der Waals surface area contributed by atoms with Crippen molar-refractivity contribution in [3.8, 4) is 5.82 Å². The minimum Gasteiger partial charge on any atom is -0.379 e. The Hall–Kier alpha value is -4.29. The molecule has 1 saturated heterocycles. The van der Waals surface area contributed by atoms with Gasteiger partial charge >= 0.3 is 0 Å². The summed E-state index contributed by atoms with van der Waals surface area (Å²) in [5.41, 5.74) is 3.61. The number of anilines is 4. The number of nitrogens with one attached hydrogen (secondary N) is 3. The number of nitrogens with zero attached hydrogens (tertiary/aromatic N) is 7. The van der Waals surface area contributed by atoms with Crippen molar-refractivity contribution in [2.75, 3.05) is 42.3 Å². The first kappa shape index (κ1) is 27.9. The van der Waals surface area contributed by atoms with Crippen LogP contribution in [0.1, 0.15) is 55.4 Å². The van der Waals surface area contributed by atoms with E-state index >= 15 is 0 Å². The second-order valence-corrected chi connectivity index (χ2v) is 11.9. The number of morpholine rings is 1. The van der Waals surface area contributed by atoms with Crippen LogP contribution in [-0.4, -0.2) is 72.5 Å². The Balaban J connectivity index is 1.19. The number of carbonyl (C=O) groups is 1. The van der Waals surface area contributed by atoms with Gasteiger partial charge in [0.1, 0.15) is 18.0 Å². The number of imidazole rings is 1. The summed E-state index contributed by atoms with van der Waals surface area (Å²) in [6, 6.07) is 10.1. The Morgan fingerprint density at radius 2 is 1.88 bits per heavy atom. The molecule has 0 radical (unpaired) electrons. The molecule has 1 aliphatic heterocycles. The van der Waals surface area contributed by atoms with Gasteiger partial charge in [0.05, 0.1) is 24.4 Å². The van der Waals surface area contributed by atoms with E-state index < -0.39 is 0 Å². The highest BCUT2D eigenvalue weighted by atomic mass is 16.5. The summed E-state index contributed by atoms with van der Waals surface area (Å²) >= 11 is 0. The number of benzene rings is 1. The summed E-state index contributed by atoms with van der Waals surface area (Å²) in [6.45, 7) is 12.2. The summed E-state index contributed by atoms with van der Waals surface area (Å²) in [5.74, 6) is 1.85. The molecule has 12 heteroatoms. The van der Waals surface area contributed by atoms with Crippen LogP contribution in [0.3, 0.4) is 0 Å². The van der Waals surface area contributed by atoms with Gasteiger partial charge in [-0.15, -0.1) is 0 Å². The maximum atomic E-state index is 13.4. The zero-order chi connectivity index (χ0) is 29.3. The van der Waals surface area contributed by atoms with Gasteiger partial charge in [-0.25, -0.2) is 15.0 Å². The summed E-state index contributed by atoms with van der Waals surface area (Å²) in [6.07, 6.45) is 7.46. The van der Waals surface area contributed by atoms with Crippen LogP contribution in [0.25, 0.3) is 5.82 Å². The zero-order valence-corrected chi connectivity index (χ0v) is 24.6. The highest BCUT2D eigenvalue weighted by Gasteiger charge is 2.25. The molecule has 1 aromatic carbocycles. The van der Waals surface area contributed by atoms with Gasteiger partial charge in [0.2, 0.25) is 5.95 Å². The molecule has 4 aromatic rings. The van der Waals surface area contributed by atoms with E-state index in [1.165, 1.54) is 0 Å². The van der Waals surface area contributed by atoms with Crippen LogP contribution in [0.5, 0.6) is 0 Å². The lowest BCUT2D eigenvalue weighted by Crippen LogP contribution is -2.37. The third kappa shape index (κ3) is 6.44. The van der Waals surface area contributed by atoms with Gasteiger partial charge < -0.3 is 20.7 Å². The third-order valence-electron chi connectivity index (χ3n) is 7.35. The molecule has 0 unspecified atom stereocenters. The smallest absolute Gasteiger partial charge is 0.276 e. The van der Waals surface area contributed by atoms with Crippen LogP contribution in [0.4, 0.5) is 23.1 Å². The molecule has 42 heavy (non-hydrogen) atoms. The second-order valence-electron chi connectivity index (χ2n) is 11.9. The highest BCUT2D eigenvalue weighted by Crippen LogP contribution is 2.27. The first-order valence-electron chi connectivity index (χ1n) is 14.4. The molecule has 1 amide bonds. The maximum absolute atomic E-state index is 13.4. The number of rotatable bonds is 9. The van der Waals surface area contributed by atoms with Crippen molar-refractivity contribution in [2.24, 2.45) is 0 Å². The minimum absolute atomic E-state index is 0.255. The normalized spacial score (nSPS) is 15.9. The maximum Gasteiger partial charge on any atom is 0.276 e. The van der Waals surface area contributed by atoms with Crippen molar-refractivity contribution >= 4 is 29.0 Å². The van der Waals surface area contributed by atoms with Crippen molar-refractivity contribution < 1.29 is 9.53 Å². The summed E-state index contributed by atoms with van der Waals surface area (Å²) < 4.78 is 9.33. The molecule has 0 atom stereocenters. The third-order valence-corrected chi connectivity index (χ3v) is 7.35. The SMILES string of the molecule is Cc1ccc(NC(=O)c2cc(CN3CCOCC3)n(C(C)(C)C)n2)cc1Nc1nccn1-c1cc(NC2CC2)ncn1. The molecule has 3 N–H and O–H groups in total. The fourth-order valence-corrected chi connectivity index (χ4v) is 4.94. The fraction of sp³-hybridized carbons (Fsp3) is 0.433. The second kappa shape index (κ2) is 11.5. The Labute approximate surface area is 245 Å². The van der Waals surface area contributed by atoms with Crippen molar-refractivity contribution in [1.29, 1.82) is 0 Å². The molecule has 12 nitrogen and oxygen atoms in total. The van der Waals surface area contributed by atoms with Crippen LogP contribution in [0.2, 0.25) is 0 Å². The van der Waals surface area contributed by atoms with E-state index in [-0.39, 0.29) is 11.4 Å². The lowest BCUT2D eigenvalue weighted by molar-refractivity contribution is 0.0324. The van der Waals surface area contributed by atoms with E-state index in [1.54, 1.807) is 12.5 Å². The van der Waals surface area contributed by atoms with Crippen LogP contribution in [-0.2, 0) is 16.8 Å². The number of carbonyl (C=O) groups excluding carboxylic acids is 1. The molecule has 2 fully saturated rings. The number of hydrogen-bond acceptors (Lipinski definition) is 9. The van der Waals surface area contributed by atoms with Gasteiger partial charge in [-0.3, -0.25) is 18.9 Å². The topological polar surface area (TPSA) is 127 Å². The van der Waals surface area contributed by atoms with Gasteiger partial charge in [0, 0.05) is 55.5 Å². The van der Waals surface area contributed by atoms with Crippen LogP contribution < -0.4 is 16.0 Å². The molecular formula is C30H38N10O2. The number of aromatic nitrogens is 6. The van der Waals surface area contributed by atoms with Gasteiger partial charge in [0.25, 0.3) is 5.91 Å². The molecule has 220 valence electrons. The van der Waals surface area contributed by atoms with Crippen LogP contribution >= 0.6 is 0 Å². The van der Waals surface area contributed by atoms with Gasteiger partial charge in [-0.2, -0.15) is 5.10 Å². The van der Waals surface area contributed by atoms with E-state index in [1.807, 2.05) is 52.7 Å². The van der Waals surface area contributed by atoms with Gasteiger partial charge in [0.15, 0.2) is 5.69 Å². The molecule has 6 rings (SSSR count). The average molecular weight is 571 g/mol. The molecule has 0 bridgehead atoms. The van der Waals surface area contributed by atoms with E-state index in [0.29, 0.717) is 29.2 Å². The summed E-state index contributed by atoms with van der Waals surface area (Å²) in [7, 11) is 0. The predicted molar refractivity (Wildman–Crippen MR) is 162 cm³/mol. The number of ether oxygens (including phenoxy) is 1. The summed E-state index contributed by atoms with van der Waals surface area (Å²) in [5, 5.41) is 14.6. The van der Waals surface area contributed by atoms with E-state index in [4.69, 9.17) is 9.84 Å². The summed E-state index contributed by atoms with van der Waals surface area (Å²) in [4.78, 5) is 29.0. The van der Waals surface area contributed by atoms with E-state index in [2.05, 4.69) is 56.6 Å². The quantitative estimate of drug-likeness (QED) is 0.270. The predicted octanol–water partition coefficient (Wildman–Crippen LogP) is 4.32. The number of amides is 1. The molecule has 4 heterocycles. The number of aryl methyl sites for hydroxylation is 1. The molecule has 3 aromatic heterocycles. The number of hydrogen-bond donors (Lipinski definition) is 3. The lowest BCUT2D eigenvalue weighted by atomic mass is 10.1. The Morgan fingerprint density at radius 3 is 2.64 bits per heavy atom. The van der Waals surface area contributed by atoms with Crippen LogP contribution in [0.15, 0.2) is 49.1 Å². The van der Waals surface area contributed by atoms with E-state index in [9.17, 15) is 4.79 Å². The standard InChI is InChI=1S/C30H38N10O2/c1-20-5-6-22(35-28(41)25-16-23(40(37-25)30(2,3)4)18-38-11-13-42-14-12-38)15-24(20)36-29-31-9-10-39(29)27-17-26(32-19-33-27)34-21-7-8-21/h5-6,9-10,15-17,19,21H,7-8,11-14,18H2,1-4H3,(H,31,36)(H,35,41)(H,32,33,34). The molecular weight excluding hydrogens is 532 g/mol. The molecule has 2 aliphatic rings. The Morgan fingerprint density at radius 1 is 1.07 bits per heavy atom. The van der Waals surface area contributed by atoms with Crippen LogP contribution in [0, 0.1) is 6.92 Å². The largest absolute Gasteiger partial charge is 0.379 e. The van der Waals surface area contributed by atoms with Gasteiger partial charge in [-0.1, -0.05) is 6.07 Å². The average Bonchev–Trinajstić information content (AvgIpc) is 3.47. The van der Waals surface area contributed by atoms with Crippen molar-refractivity contribution in [1.82, 2.24) is 34.2 Å². The van der Waals surface area contributed by atoms with Crippen molar-refractivity contribution in [3.63, 3.8) is 0 Å². The first-order chi connectivity index (χ1) is 20.2. The molecule has 1 saturated carbocycles. The zero-order valence-electron chi connectivity index (χ0n) is 24.6. The molecule has 0 spiro atoms. The van der Waals surface area contributed by atoms with Crippen molar-refractivity contribution in [2.45, 2.75) is 58.7 Å². The Kier molecular flexibility index (Phi) is 7.65. The molecule has 1 aliphatic carbocycles. The first-order valence-corrected chi connectivity index (χ1v) is 14.4. The Bertz CT molecular complexity index is 1560. The fourth-order valence-electron chi connectivity index (χ4n) is 4.94.